The number of aromatic hydroxyl groups is 1. The summed E-state index contributed by atoms with van der Waals surface area (Å²) >= 11 is 7.24. The fourth-order valence-corrected chi connectivity index (χ4v) is 5.25. The number of aryl methyl sites for hydroxylation is 1. The first-order valence-corrected chi connectivity index (χ1v) is 11.5. The predicted octanol–water partition coefficient (Wildman–Crippen LogP) is 7.36. The van der Waals surface area contributed by atoms with Crippen molar-refractivity contribution in [3.05, 3.63) is 97.4 Å². The number of ether oxygens (including phenoxy) is 1. The van der Waals surface area contributed by atoms with E-state index in [1.807, 2.05) is 36.4 Å². The van der Waals surface area contributed by atoms with Gasteiger partial charge in [0.05, 0.1) is 0 Å². The van der Waals surface area contributed by atoms with Crippen molar-refractivity contribution >= 4 is 37.6 Å². The van der Waals surface area contributed by atoms with Crippen LogP contribution in [-0.2, 0) is 12.8 Å². The van der Waals surface area contributed by atoms with Crippen LogP contribution in [0.25, 0.3) is 5.76 Å². The molecule has 1 aliphatic carbocycles. The average molecular weight is 512 g/mol. The van der Waals surface area contributed by atoms with Crippen molar-refractivity contribution in [3.8, 4) is 11.5 Å². The Bertz CT molecular complexity index is 1130. The van der Waals surface area contributed by atoms with Gasteiger partial charge in [0.1, 0.15) is 17.3 Å². The van der Waals surface area contributed by atoms with Gasteiger partial charge in [-0.3, -0.25) is 0 Å². The zero-order valence-electron chi connectivity index (χ0n) is 15.8. The molecule has 3 aromatic rings. The zero-order chi connectivity index (χ0) is 20.0. The second-order valence-corrected chi connectivity index (χ2v) is 9.39. The van der Waals surface area contributed by atoms with Gasteiger partial charge in [-0.1, -0.05) is 62.2 Å². The molecule has 0 aromatic heterocycles. The van der Waals surface area contributed by atoms with Crippen LogP contribution in [0.4, 0.5) is 0 Å². The molecule has 2 nitrogen and oxygen atoms in total. The van der Waals surface area contributed by atoms with Crippen molar-refractivity contribution < 1.29 is 9.84 Å². The number of hydrogen-bond acceptors (Lipinski definition) is 2. The molecule has 1 heterocycles. The highest BCUT2D eigenvalue weighted by molar-refractivity contribution is 9.10. The highest BCUT2D eigenvalue weighted by Gasteiger charge is 2.28. The van der Waals surface area contributed by atoms with E-state index < -0.39 is 0 Å². The van der Waals surface area contributed by atoms with Gasteiger partial charge in [-0.15, -0.1) is 0 Å². The Labute approximate surface area is 187 Å². The van der Waals surface area contributed by atoms with E-state index in [0.717, 1.165) is 62.0 Å². The van der Waals surface area contributed by atoms with Gasteiger partial charge >= 0.3 is 0 Å². The fourth-order valence-electron chi connectivity index (χ4n) is 4.39. The molecule has 1 N–H and O–H groups in total. The molecule has 29 heavy (non-hydrogen) atoms. The maximum absolute atomic E-state index is 11.2. The number of allylic oxidation sites excluding steroid dienone is 1. The molecule has 4 heteroatoms. The number of hydrogen-bond donors (Lipinski definition) is 1. The molecule has 1 atom stereocenters. The summed E-state index contributed by atoms with van der Waals surface area (Å²) in [6.45, 7) is 0. The smallest absolute Gasteiger partial charge is 0.132 e. The minimum atomic E-state index is -0.0782. The van der Waals surface area contributed by atoms with Crippen molar-refractivity contribution in [1.29, 1.82) is 0 Å². The molecule has 0 fully saturated rings. The lowest BCUT2D eigenvalue weighted by Crippen LogP contribution is -2.12. The van der Waals surface area contributed by atoms with Crippen LogP contribution in [0.1, 0.15) is 46.6 Å². The summed E-state index contributed by atoms with van der Waals surface area (Å²) in [6, 6.07) is 18.4. The molecule has 0 saturated heterocycles. The molecular formula is C25H20Br2O2. The summed E-state index contributed by atoms with van der Waals surface area (Å²) < 4.78 is 8.27. The number of phenols is 1. The van der Waals surface area contributed by atoms with E-state index in [2.05, 4.69) is 56.1 Å². The Morgan fingerprint density at radius 3 is 2.59 bits per heavy atom. The van der Waals surface area contributed by atoms with E-state index in [4.69, 9.17) is 4.74 Å². The second kappa shape index (κ2) is 7.66. The van der Waals surface area contributed by atoms with Crippen LogP contribution < -0.4 is 4.74 Å². The first-order valence-electron chi connectivity index (χ1n) is 9.89. The van der Waals surface area contributed by atoms with Gasteiger partial charge in [-0.2, -0.15) is 0 Å². The van der Waals surface area contributed by atoms with Crippen LogP contribution in [0.3, 0.4) is 0 Å². The van der Waals surface area contributed by atoms with Crippen molar-refractivity contribution in [1.82, 2.24) is 0 Å². The van der Waals surface area contributed by atoms with Crippen LogP contribution in [0.2, 0.25) is 0 Å². The zero-order valence-corrected chi connectivity index (χ0v) is 19.0. The topological polar surface area (TPSA) is 29.5 Å². The summed E-state index contributed by atoms with van der Waals surface area (Å²) in [7, 11) is 0. The number of fused-ring (bicyclic) bond motifs is 2. The first-order chi connectivity index (χ1) is 14.1. The Balaban J connectivity index is 1.69. The molecule has 0 spiro atoms. The van der Waals surface area contributed by atoms with Gasteiger partial charge in [0.25, 0.3) is 0 Å². The number of halogens is 2. The van der Waals surface area contributed by atoms with Crippen LogP contribution in [0.5, 0.6) is 11.5 Å². The Hall–Kier alpha value is -2.04. The van der Waals surface area contributed by atoms with Gasteiger partial charge < -0.3 is 9.84 Å². The molecule has 2 aliphatic rings. The summed E-state index contributed by atoms with van der Waals surface area (Å²) in [5, 5.41) is 11.2. The predicted molar refractivity (Wildman–Crippen MR) is 123 cm³/mol. The number of phenolic OH excluding ortho intramolecular Hbond substituents is 1. The third-order valence-electron chi connectivity index (χ3n) is 5.85. The monoisotopic (exact) mass is 510 g/mol. The molecular weight excluding hydrogens is 492 g/mol. The quantitative estimate of drug-likeness (QED) is 0.389. The summed E-state index contributed by atoms with van der Waals surface area (Å²) in [6.07, 6.45) is 6.46. The SMILES string of the molecule is Oc1c(C2C=C(c3ccccc3Br)Oc3ccc(Br)cc32)ccc2c1CCCC2. The van der Waals surface area contributed by atoms with Gasteiger partial charge in [0, 0.05) is 31.6 Å². The number of rotatable bonds is 2. The van der Waals surface area contributed by atoms with E-state index in [0.29, 0.717) is 5.75 Å². The Kier molecular flexibility index (Phi) is 5.00. The lowest BCUT2D eigenvalue weighted by Gasteiger charge is -2.28. The van der Waals surface area contributed by atoms with Crippen molar-refractivity contribution in [3.63, 3.8) is 0 Å². The molecule has 0 bridgehead atoms. The lowest BCUT2D eigenvalue weighted by molar-refractivity contribution is 0.450. The molecule has 146 valence electrons. The highest BCUT2D eigenvalue weighted by Crippen LogP contribution is 2.46. The van der Waals surface area contributed by atoms with Crippen LogP contribution in [0, 0.1) is 0 Å². The summed E-state index contributed by atoms with van der Waals surface area (Å²) in [5.41, 5.74) is 5.41. The van der Waals surface area contributed by atoms with Gasteiger partial charge in [0.15, 0.2) is 0 Å². The molecule has 3 aromatic carbocycles. The van der Waals surface area contributed by atoms with E-state index in [1.54, 1.807) is 0 Å². The van der Waals surface area contributed by atoms with Crippen molar-refractivity contribution in [2.45, 2.75) is 31.6 Å². The number of benzene rings is 3. The third-order valence-corrected chi connectivity index (χ3v) is 7.04. The van der Waals surface area contributed by atoms with Gasteiger partial charge in [0.2, 0.25) is 0 Å². The van der Waals surface area contributed by atoms with Crippen molar-refractivity contribution in [2.75, 3.05) is 0 Å². The van der Waals surface area contributed by atoms with E-state index in [-0.39, 0.29) is 5.92 Å². The lowest BCUT2D eigenvalue weighted by atomic mass is 9.82. The van der Waals surface area contributed by atoms with E-state index in [9.17, 15) is 5.11 Å². The highest BCUT2D eigenvalue weighted by atomic mass is 79.9. The standard InChI is InChI=1S/C25H20Br2O2/c26-16-10-12-23-21(13-16)20(14-24(29-23)19-7-3-4-8-22(19)27)18-11-9-15-5-1-2-6-17(15)25(18)28/h3-4,7-14,20,28H,1-2,5-6H2. The maximum Gasteiger partial charge on any atom is 0.132 e. The average Bonchev–Trinajstić information content (AvgIpc) is 2.74. The molecule has 5 rings (SSSR count). The van der Waals surface area contributed by atoms with Gasteiger partial charge in [-0.05, 0) is 67.2 Å². The summed E-state index contributed by atoms with van der Waals surface area (Å²) in [4.78, 5) is 0. The van der Waals surface area contributed by atoms with Crippen LogP contribution in [0.15, 0.2) is 69.6 Å². The first kappa shape index (κ1) is 19.0. The Morgan fingerprint density at radius 1 is 0.897 bits per heavy atom. The maximum atomic E-state index is 11.2. The normalized spacial score (nSPS) is 17.7. The minimum Gasteiger partial charge on any atom is -0.507 e. The van der Waals surface area contributed by atoms with Gasteiger partial charge in [-0.25, -0.2) is 0 Å². The van der Waals surface area contributed by atoms with Crippen LogP contribution in [-0.4, -0.2) is 5.11 Å². The van der Waals surface area contributed by atoms with E-state index in [1.165, 1.54) is 12.0 Å². The molecule has 0 amide bonds. The molecule has 1 aliphatic heterocycles. The van der Waals surface area contributed by atoms with Crippen molar-refractivity contribution in [2.24, 2.45) is 0 Å². The molecule has 0 radical (unpaired) electrons. The van der Waals surface area contributed by atoms with E-state index >= 15 is 0 Å². The summed E-state index contributed by atoms with van der Waals surface area (Å²) in [5.74, 6) is 1.99. The molecule has 1 unspecified atom stereocenters. The molecule has 0 saturated carbocycles. The fraction of sp³-hybridized carbons (Fsp3) is 0.200. The third kappa shape index (κ3) is 3.43. The minimum absolute atomic E-state index is 0.0782. The Morgan fingerprint density at radius 2 is 1.72 bits per heavy atom. The largest absolute Gasteiger partial charge is 0.507 e. The van der Waals surface area contributed by atoms with Crippen LogP contribution >= 0.6 is 31.9 Å². The second-order valence-electron chi connectivity index (χ2n) is 7.62.